The first-order chi connectivity index (χ1) is 14.7. The second-order valence-corrected chi connectivity index (χ2v) is 8.51. The summed E-state index contributed by atoms with van der Waals surface area (Å²) in [6, 6.07) is 10.7. The molecule has 6 nitrogen and oxygen atoms in total. The normalized spacial score (nSPS) is 18.9. The van der Waals surface area contributed by atoms with Crippen LogP contribution in [0.3, 0.4) is 0 Å². The predicted octanol–water partition coefficient (Wildman–Crippen LogP) is 4.27. The molecule has 0 saturated carbocycles. The lowest BCUT2D eigenvalue weighted by molar-refractivity contribution is 0.123. The van der Waals surface area contributed by atoms with Crippen LogP contribution in [0.25, 0.3) is 0 Å². The molecule has 1 aromatic carbocycles. The van der Waals surface area contributed by atoms with Crippen molar-refractivity contribution in [2.24, 2.45) is 0 Å². The Hall–Kier alpha value is -2.21. The number of carbonyl (C=O) groups excluding carboxylic acids is 1. The van der Waals surface area contributed by atoms with Gasteiger partial charge in [-0.1, -0.05) is 57.0 Å². The Bertz CT molecular complexity index is 677. The van der Waals surface area contributed by atoms with Crippen LogP contribution in [0.15, 0.2) is 42.2 Å². The fourth-order valence-electron chi connectivity index (χ4n) is 4.13. The van der Waals surface area contributed by atoms with E-state index < -0.39 is 0 Å². The Morgan fingerprint density at radius 3 is 2.50 bits per heavy atom. The minimum atomic E-state index is 0.0907. The van der Waals surface area contributed by atoms with Crippen molar-refractivity contribution in [3.63, 3.8) is 0 Å². The van der Waals surface area contributed by atoms with Gasteiger partial charge in [-0.25, -0.2) is 4.79 Å². The molecule has 0 unspecified atom stereocenters. The van der Waals surface area contributed by atoms with Gasteiger partial charge in [-0.05, 0) is 44.1 Å². The molecule has 1 fully saturated rings. The molecule has 1 aromatic rings. The maximum atomic E-state index is 12.3. The second kappa shape index (κ2) is 11.8. The van der Waals surface area contributed by atoms with Gasteiger partial charge in [-0.2, -0.15) is 0 Å². The van der Waals surface area contributed by atoms with Gasteiger partial charge in [0.25, 0.3) is 0 Å². The van der Waals surface area contributed by atoms with Crippen molar-refractivity contribution in [1.29, 1.82) is 0 Å². The van der Waals surface area contributed by atoms with E-state index in [9.17, 15) is 4.79 Å². The van der Waals surface area contributed by atoms with Crippen molar-refractivity contribution in [3.05, 3.63) is 47.8 Å². The first kappa shape index (κ1) is 22.5. The van der Waals surface area contributed by atoms with E-state index >= 15 is 0 Å². The van der Waals surface area contributed by atoms with Gasteiger partial charge in [0.1, 0.15) is 0 Å². The highest BCUT2D eigenvalue weighted by atomic mass is 16.2. The van der Waals surface area contributed by atoms with Crippen molar-refractivity contribution in [1.82, 2.24) is 25.8 Å². The minimum absolute atomic E-state index is 0.0907. The second-order valence-electron chi connectivity index (χ2n) is 8.51. The van der Waals surface area contributed by atoms with E-state index in [0.29, 0.717) is 0 Å². The van der Waals surface area contributed by atoms with Gasteiger partial charge in [0.2, 0.25) is 0 Å². The molecule has 1 atom stereocenters. The molecule has 0 aromatic heterocycles. The van der Waals surface area contributed by atoms with E-state index in [4.69, 9.17) is 0 Å². The summed E-state index contributed by atoms with van der Waals surface area (Å²) in [5.41, 5.74) is 6.19. The Labute approximate surface area is 182 Å². The average Bonchev–Trinajstić information content (AvgIpc) is 3.31. The summed E-state index contributed by atoms with van der Waals surface area (Å²) >= 11 is 0. The number of hydrogen-bond acceptors (Lipinski definition) is 4. The van der Waals surface area contributed by atoms with Crippen LogP contribution in [-0.2, 0) is 6.42 Å². The van der Waals surface area contributed by atoms with Gasteiger partial charge in [0, 0.05) is 38.1 Å². The Balaban J connectivity index is 1.40. The fraction of sp³-hybridized carbons (Fsp3) is 0.625. The number of hydrogen-bond donors (Lipinski definition) is 2. The molecule has 30 heavy (non-hydrogen) atoms. The quantitative estimate of drug-likeness (QED) is 0.474. The largest absolute Gasteiger partial charge is 0.333 e. The number of carbonyl (C=O) groups is 1. The van der Waals surface area contributed by atoms with Gasteiger partial charge in [-0.3, -0.25) is 10.0 Å². The third-order valence-corrected chi connectivity index (χ3v) is 5.88. The van der Waals surface area contributed by atoms with E-state index in [1.807, 2.05) is 11.0 Å². The molecule has 6 heteroatoms. The average molecular weight is 414 g/mol. The summed E-state index contributed by atoms with van der Waals surface area (Å²) < 4.78 is 0. The smallest absolute Gasteiger partial charge is 0.317 e. The van der Waals surface area contributed by atoms with Crippen LogP contribution in [0.1, 0.15) is 64.4 Å². The van der Waals surface area contributed by atoms with Crippen LogP contribution in [0, 0.1) is 0 Å². The van der Waals surface area contributed by atoms with E-state index in [-0.39, 0.29) is 12.1 Å². The molecule has 2 heterocycles. The zero-order valence-electron chi connectivity index (χ0n) is 18.8. The monoisotopic (exact) mass is 413 g/mol. The topological polar surface area (TPSA) is 50.9 Å². The Kier molecular flexibility index (Phi) is 8.87. The summed E-state index contributed by atoms with van der Waals surface area (Å²) in [4.78, 5) is 14.3. The number of urea groups is 1. The number of nitrogens with one attached hydrogen (secondary N) is 2. The van der Waals surface area contributed by atoms with Gasteiger partial charge in [0.15, 0.2) is 0 Å². The van der Waals surface area contributed by atoms with Gasteiger partial charge < -0.3 is 10.2 Å². The van der Waals surface area contributed by atoms with Crippen LogP contribution >= 0.6 is 0 Å². The van der Waals surface area contributed by atoms with E-state index in [1.54, 1.807) is 0 Å². The molecule has 2 aliphatic heterocycles. The number of rotatable bonds is 13. The molecular weight excluding hydrogens is 374 g/mol. The molecule has 0 radical (unpaired) electrons. The molecule has 0 bridgehead atoms. The lowest BCUT2D eigenvalue weighted by atomic mass is 10.1. The van der Waals surface area contributed by atoms with Gasteiger partial charge in [-0.15, -0.1) is 5.53 Å². The maximum absolute atomic E-state index is 12.3. The van der Waals surface area contributed by atoms with E-state index in [0.717, 1.165) is 51.9 Å². The first-order valence-electron chi connectivity index (χ1n) is 11.8. The highest BCUT2D eigenvalue weighted by Gasteiger charge is 2.28. The Morgan fingerprint density at radius 2 is 1.73 bits per heavy atom. The maximum Gasteiger partial charge on any atom is 0.317 e. The standard InChI is InChI=1S/C24H39N5O/c1-3-5-16-28-20-23(29(26-28)17-6-4-2)14-10-11-15-27-19-22(25-24(27)30)18-21-12-8-7-9-13-21/h7-9,12-13,20,22,26H,3-6,10-11,14-19H2,1-2H3,(H,25,30)/t22-/m0/s1. The SMILES string of the molecule is CCCCN1C=C(CCCCN2C[C@H](Cc3ccccc3)NC2=O)N(CCCC)N1. The number of nitrogens with zero attached hydrogens (tertiary/aromatic N) is 3. The molecule has 166 valence electrons. The summed E-state index contributed by atoms with van der Waals surface area (Å²) in [5, 5.41) is 7.69. The molecule has 2 aliphatic rings. The lowest BCUT2D eigenvalue weighted by Gasteiger charge is -2.25. The summed E-state index contributed by atoms with van der Waals surface area (Å²) in [6.45, 7) is 8.23. The van der Waals surface area contributed by atoms with Crippen LogP contribution < -0.4 is 10.9 Å². The minimum Gasteiger partial charge on any atom is -0.333 e. The molecule has 2 amide bonds. The highest BCUT2D eigenvalue weighted by molar-refractivity contribution is 5.76. The van der Waals surface area contributed by atoms with Crippen LogP contribution in [0.2, 0.25) is 0 Å². The first-order valence-corrected chi connectivity index (χ1v) is 11.8. The predicted molar refractivity (Wildman–Crippen MR) is 122 cm³/mol. The zero-order chi connectivity index (χ0) is 21.2. The summed E-state index contributed by atoms with van der Waals surface area (Å²) in [6.07, 6.45) is 11.2. The number of amides is 2. The van der Waals surface area contributed by atoms with E-state index in [2.05, 4.69) is 65.2 Å². The molecule has 0 aliphatic carbocycles. The summed E-state index contributed by atoms with van der Waals surface area (Å²) in [5.74, 6) is 0. The van der Waals surface area contributed by atoms with Crippen LogP contribution in [-0.4, -0.2) is 53.2 Å². The van der Waals surface area contributed by atoms with Crippen molar-refractivity contribution >= 4 is 6.03 Å². The highest BCUT2D eigenvalue weighted by Crippen LogP contribution is 2.19. The van der Waals surface area contributed by atoms with Gasteiger partial charge >= 0.3 is 6.03 Å². The van der Waals surface area contributed by atoms with Crippen molar-refractivity contribution < 1.29 is 4.79 Å². The van der Waals surface area contributed by atoms with Crippen molar-refractivity contribution in [3.8, 4) is 0 Å². The van der Waals surface area contributed by atoms with E-state index in [1.165, 1.54) is 36.9 Å². The number of unbranched alkanes of at least 4 members (excludes halogenated alkanes) is 3. The molecular formula is C24H39N5O. The summed E-state index contributed by atoms with van der Waals surface area (Å²) in [7, 11) is 0. The van der Waals surface area contributed by atoms with Crippen molar-refractivity contribution in [2.45, 2.75) is 71.3 Å². The van der Waals surface area contributed by atoms with Crippen LogP contribution in [0.5, 0.6) is 0 Å². The third kappa shape index (κ3) is 6.66. The third-order valence-electron chi connectivity index (χ3n) is 5.88. The number of benzene rings is 1. The number of allylic oxidation sites excluding steroid dienone is 1. The molecule has 3 rings (SSSR count). The molecule has 1 saturated heterocycles. The fourth-order valence-corrected chi connectivity index (χ4v) is 4.13. The molecule has 2 N–H and O–H groups in total. The van der Waals surface area contributed by atoms with Gasteiger partial charge in [0.05, 0.1) is 6.04 Å². The number of hydrazine groups is 2. The Morgan fingerprint density at radius 1 is 0.967 bits per heavy atom. The van der Waals surface area contributed by atoms with Crippen LogP contribution in [0.4, 0.5) is 4.79 Å². The lowest BCUT2D eigenvalue weighted by Crippen LogP contribution is -2.41. The molecule has 0 spiro atoms. The zero-order valence-corrected chi connectivity index (χ0v) is 18.8. The van der Waals surface area contributed by atoms with Crippen molar-refractivity contribution in [2.75, 3.05) is 26.2 Å².